The van der Waals surface area contributed by atoms with Crippen LogP contribution in [-0.2, 0) is 9.59 Å². The summed E-state index contributed by atoms with van der Waals surface area (Å²) in [6, 6.07) is 0. The minimum absolute atomic E-state index is 0.0755. The molecule has 1 amide bonds. The Morgan fingerprint density at radius 2 is 1.83 bits per heavy atom. The molecule has 1 N–H and O–H groups in total. The van der Waals surface area contributed by atoms with E-state index in [1.165, 1.54) is 19.3 Å². The highest BCUT2D eigenvalue weighted by molar-refractivity contribution is 5.78. The normalized spacial score (nSPS) is 23.3. The van der Waals surface area contributed by atoms with E-state index in [0.717, 1.165) is 12.8 Å². The number of carboxylic acid groups (broad SMARTS) is 1. The van der Waals surface area contributed by atoms with E-state index in [1.807, 2.05) is 6.92 Å². The van der Waals surface area contributed by atoms with Crippen molar-refractivity contribution in [2.45, 2.75) is 52.4 Å². The molecule has 0 aromatic rings. The van der Waals surface area contributed by atoms with Crippen molar-refractivity contribution in [2.24, 2.45) is 11.8 Å². The number of carbonyl (C=O) groups excluding carboxylic acids is 1. The lowest BCUT2D eigenvalue weighted by molar-refractivity contribution is -0.142. The second-order valence-electron chi connectivity index (χ2n) is 5.38. The number of nitrogens with zero attached hydrogens (tertiary/aromatic N) is 1. The molecule has 18 heavy (non-hydrogen) atoms. The van der Waals surface area contributed by atoms with E-state index in [1.54, 1.807) is 4.90 Å². The summed E-state index contributed by atoms with van der Waals surface area (Å²) in [5.41, 5.74) is 0. The zero-order chi connectivity index (χ0) is 13.5. The van der Waals surface area contributed by atoms with E-state index in [-0.39, 0.29) is 17.7 Å². The zero-order valence-corrected chi connectivity index (χ0v) is 11.5. The van der Waals surface area contributed by atoms with E-state index in [9.17, 15) is 9.59 Å². The molecule has 4 nitrogen and oxygen atoms in total. The Balaban J connectivity index is 2.25. The zero-order valence-electron chi connectivity index (χ0n) is 11.5. The van der Waals surface area contributed by atoms with E-state index in [2.05, 4.69) is 6.92 Å². The molecular weight excluding hydrogens is 230 g/mol. The summed E-state index contributed by atoms with van der Waals surface area (Å²) in [5, 5.41) is 9.02. The van der Waals surface area contributed by atoms with Gasteiger partial charge in [-0.15, -0.1) is 0 Å². The molecule has 0 aromatic carbocycles. The first-order valence-electron chi connectivity index (χ1n) is 7.06. The SMILES string of the molecule is CCCCCCCC(=O)N1CC(C)C(C(=O)O)C1. The third-order valence-corrected chi connectivity index (χ3v) is 3.78. The lowest BCUT2D eigenvalue weighted by atomic mass is 9.99. The van der Waals surface area contributed by atoms with Crippen molar-refractivity contribution in [3.8, 4) is 0 Å². The number of amides is 1. The van der Waals surface area contributed by atoms with Crippen LogP contribution in [0.1, 0.15) is 52.4 Å². The van der Waals surface area contributed by atoms with Crippen LogP contribution >= 0.6 is 0 Å². The predicted molar refractivity (Wildman–Crippen MR) is 70.2 cm³/mol. The number of aliphatic carboxylic acids is 1. The summed E-state index contributed by atoms with van der Waals surface area (Å²) in [4.78, 5) is 24.6. The van der Waals surface area contributed by atoms with Gasteiger partial charge in [0.05, 0.1) is 5.92 Å². The van der Waals surface area contributed by atoms with Crippen molar-refractivity contribution < 1.29 is 14.7 Å². The van der Waals surface area contributed by atoms with Crippen molar-refractivity contribution >= 4 is 11.9 Å². The molecule has 1 aliphatic rings. The highest BCUT2D eigenvalue weighted by atomic mass is 16.4. The molecule has 0 spiro atoms. The van der Waals surface area contributed by atoms with Crippen LogP contribution < -0.4 is 0 Å². The van der Waals surface area contributed by atoms with Crippen molar-refractivity contribution in [3.63, 3.8) is 0 Å². The molecule has 2 unspecified atom stereocenters. The van der Waals surface area contributed by atoms with Crippen LogP contribution in [0.3, 0.4) is 0 Å². The van der Waals surface area contributed by atoms with Crippen molar-refractivity contribution in [2.75, 3.05) is 13.1 Å². The second-order valence-corrected chi connectivity index (χ2v) is 5.38. The molecule has 104 valence electrons. The van der Waals surface area contributed by atoms with Crippen LogP contribution in [0.4, 0.5) is 0 Å². The number of carbonyl (C=O) groups is 2. The Hall–Kier alpha value is -1.06. The Bertz CT molecular complexity index is 291. The van der Waals surface area contributed by atoms with Gasteiger partial charge < -0.3 is 10.0 Å². The molecule has 1 aliphatic heterocycles. The first kappa shape index (κ1) is 15.0. The number of unbranched alkanes of at least 4 members (excludes halogenated alkanes) is 4. The largest absolute Gasteiger partial charge is 0.481 e. The molecule has 1 fully saturated rings. The van der Waals surface area contributed by atoms with Crippen LogP contribution in [0, 0.1) is 11.8 Å². The molecule has 1 rings (SSSR count). The van der Waals surface area contributed by atoms with Gasteiger partial charge in [-0.25, -0.2) is 0 Å². The monoisotopic (exact) mass is 255 g/mol. The van der Waals surface area contributed by atoms with Crippen molar-refractivity contribution in [1.29, 1.82) is 0 Å². The lowest BCUT2D eigenvalue weighted by Crippen LogP contribution is -2.29. The Morgan fingerprint density at radius 3 is 2.39 bits per heavy atom. The fraction of sp³-hybridized carbons (Fsp3) is 0.857. The smallest absolute Gasteiger partial charge is 0.308 e. The average molecular weight is 255 g/mol. The van der Waals surface area contributed by atoms with Crippen LogP contribution in [0.15, 0.2) is 0 Å². The molecule has 0 saturated carbocycles. The minimum Gasteiger partial charge on any atom is -0.481 e. The van der Waals surface area contributed by atoms with Crippen LogP contribution in [0.2, 0.25) is 0 Å². The van der Waals surface area contributed by atoms with Gasteiger partial charge in [0.1, 0.15) is 0 Å². The Labute approximate surface area is 109 Å². The second kappa shape index (κ2) is 7.39. The van der Waals surface area contributed by atoms with Gasteiger partial charge in [0.15, 0.2) is 0 Å². The fourth-order valence-corrected chi connectivity index (χ4v) is 2.53. The third kappa shape index (κ3) is 4.31. The molecular formula is C14H25NO3. The molecule has 2 atom stereocenters. The lowest BCUT2D eigenvalue weighted by Gasteiger charge is -2.15. The summed E-state index contributed by atoms with van der Waals surface area (Å²) in [6.07, 6.45) is 6.24. The quantitative estimate of drug-likeness (QED) is 0.711. The van der Waals surface area contributed by atoms with Gasteiger partial charge in [0.2, 0.25) is 5.91 Å². The van der Waals surface area contributed by atoms with Gasteiger partial charge in [0.25, 0.3) is 0 Å². The maximum atomic E-state index is 11.9. The minimum atomic E-state index is -0.777. The number of carboxylic acids is 1. The molecule has 0 radical (unpaired) electrons. The van der Waals surface area contributed by atoms with Crippen LogP contribution in [0.25, 0.3) is 0 Å². The summed E-state index contributed by atoms with van der Waals surface area (Å²) in [6.45, 7) is 5.07. The third-order valence-electron chi connectivity index (χ3n) is 3.78. The fourth-order valence-electron chi connectivity index (χ4n) is 2.53. The molecule has 0 aromatic heterocycles. The van der Waals surface area contributed by atoms with Gasteiger partial charge in [-0.2, -0.15) is 0 Å². The van der Waals surface area contributed by atoms with Crippen LogP contribution in [0.5, 0.6) is 0 Å². The summed E-state index contributed by atoms with van der Waals surface area (Å²) in [7, 11) is 0. The van der Waals surface area contributed by atoms with E-state index in [0.29, 0.717) is 19.5 Å². The van der Waals surface area contributed by atoms with Crippen molar-refractivity contribution in [1.82, 2.24) is 4.90 Å². The molecule has 0 bridgehead atoms. The highest BCUT2D eigenvalue weighted by Gasteiger charge is 2.36. The number of hydrogen-bond donors (Lipinski definition) is 1. The Kier molecular flexibility index (Phi) is 6.16. The van der Waals surface area contributed by atoms with Crippen molar-refractivity contribution in [3.05, 3.63) is 0 Å². The Morgan fingerprint density at radius 1 is 1.17 bits per heavy atom. The summed E-state index contributed by atoms with van der Waals surface area (Å²) in [5.74, 6) is -0.955. The number of hydrogen-bond acceptors (Lipinski definition) is 2. The van der Waals surface area contributed by atoms with E-state index >= 15 is 0 Å². The molecule has 1 heterocycles. The number of likely N-dealkylation sites (tertiary alicyclic amines) is 1. The van der Waals surface area contributed by atoms with E-state index in [4.69, 9.17) is 5.11 Å². The number of rotatable bonds is 7. The first-order valence-corrected chi connectivity index (χ1v) is 7.06. The molecule has 4 heteroatoms. The van der Waals surface area contributed by atoms with E-state index < -0.39 is 5.97 Å². The summed E-state index contributed by atoms with van der Waals surface area (Å²) < 4.78 is 0. The summed E-state index contributed by atoms with van der Waals surface area (Å²) >= 11 is 0. The topological polar surface area (TPSA) is 57.6 Å². The maximum Gasteiger partial charge on any atom is 0.308 e. The maximum absolute atomic E-state index is 11.9. The average Bonchev–Trinajstić information content (AvgIpc) is 2.71. The standard InChI is InChI=1S/C14H25NO3/c1-3-4-5-6-7-8-13(16)15-9-11(2)12(10-15)14(17)18/h11-12H,3-10H2,1-2H3,(H,17,18). The van der Waals surface area contributed by atoms with Gasteiger partial charge in [0, 0.05) is 19.5 Å². The van der Waals surface area contributed by atoms with Gasteiger partial charge in [-0.05, 0) is 12.3 Å². The van der Waals surface area contributed by atoms with Gasteiger partial charge >= 0.3 is 5.97 Å². The molecule has 0 aliphatic carbocycles. The highest BCUT2D eigenvalue weighted by Crippen LogP contribution is 2.24. The van der Waals surface area contributed by atoms with Gasteiger partial charge in [-0.3, -0.25) is 9.59 Å². The van der Waals surface area contributed by atoms with Gasteiger partial charge in [-0.1, -0.05) is 39.5 Å². The molecule has 1 saturated heterocycles. The first-order chi connectivity index (χ1) is 8.56. The van der Waals surface area contributed by atoms with Crippen LogP contribution in [-0.4, -0.2) is 35.0 Å². The predicted octanol–water partition coefficient (Wildman–Crippen LogP) is 2.53.